The summed E-state index contributed by atoms with van der Waals surface area (Å²) in [5.74, 6) is 0.168. The number of carbonyl (C=O) groups excluding carboxylic acids is 1. The molecule has 0 aromatic heterocycles. The van der Waals surface area contributed by atoms with E-state index >= 15 is 0 Å². The van der Waals surface area contributed by atoms with Crippen LogP contribution in [-0.2, 0) is 9.63 Å². The number of nitrogens with zero attached hydrogens (tertiary/aromatic N) is 2. The summed E-state index contributed by atoms with van der Waals surface area (Å²) in [6, 6.07) is 6.40. The Kier molecular flexibility index (Phi) is 5.48. The number of carbonyl (C=O) groups is 1. The molecule has 1 aliphatic carbocycles. The molecule has 1 heterocycles. The Morgan fingerprint density at radius 3 is 2.88 bits per heavy atom. The van der Waals surface area contributed by atoms with Crippen molar-refractivity contribution >= 4 is 11.6 Å². The van der Waals surface area contributed by atoms with E-state index in [0.717, 1.165) is 49.9 Å². The van der Waals surface area contributed by atoms with Gasteiger partial charge in [-0.1, -0.05) is 37.1 Å². The molecule has 2 aliphatic rings. The van der Waals surface area contributed by atoms with Crippen LogP contribution < -0.4 is 0 Å². The zero-order chi connectivity index (χ0) is 16.9. The van der Waals surface area contributed by atoms with Crippen molar-refractivity contribution in [3.05, 3.63) is 35.6 Å². The molecule has 0 radical (unpaired) electrons. The maximum absolute atomic E-state index is 13.4. The first kappa shape index (κ1) is 16.9. The lowest BCUT2D eigenvalue weighted by atomic mass is 10.0. The lowest BCUT2D eigenvalue weighted by Gasteiger charge is -2.27. The van der Waals surface area contributed by atoms with Crippen molar-refractivity contribution in [2.24, 2.45) is 11.1 Å². The average Bonchev–Trinajstić information content (AvgIpc) is 3.26. The van der Waals surface area contributed by atoms with Gasteiger partial charge in [0.1, 0.15) is 5.82 Å². The second-order valence-corrected chi connectivity index (χ2v) is 6.75. The molecule has 0 spiro atoms. The van der Waals surface area contributed by atoms with Crippen molar-refractivity contribution in [1.82, 2.24) is 4.90 Å². The predicted molar refractivity (Wildman–Crippen MR) is 91.3 cm³/mol. The van der Waals surface area contributed by atoms with Crippen LogP contribution in [0.3, 0.4) is 0 Å². The van der Waals surface area contributed by atoms with Crippen LogP contribution in [0.1, 0.15) is 51.0 Å². The van der Waals surface area contributed by atoms with E-state index in [1.165, 1.54) is 12.1 Å². The van der Waals surface area contributed by atoms with Crippen LogP contribution in [0.25, 0.3) is 0 Å². The molecule has 1 aliphatic heterocycles. The number of oxime groups is 1. The molecule has 1 aromatic carbocycles. The predicted octanol–water partition coefficient (Wildman–Crippen LogP) is 3.75. The molecule has 0 bridgehead atoms. The van der Waals surface area contributed by atoms with Crippen molar-refractivity contribution in [1.29, 1.82) is 0 Å². The van der Waals surface area contributed by atoms with E-state index in [-0.39, 0.29) is 23.7 Å². The van der Waals surface area contributed by atoms with Crippen molar-refractivity contribution < 1.29 is 14.0 Å². The number of hydrogen-bond donors (Lipinski definition) is 0. The van der Waals surface area contributed by atoms with Gasteiger partial charge in [0, 0.05) is 24.4 Å². The highest BCUT2D eigenvalue weighted by Crippen LogP contribution is 2.27. The van der Waals surface area contributed by atoms with Crippen molar-refractivity contribution in [2.75, 3.05) is 13.1 Å². The van der Waals surface area contributed by atoms with E-state index in [1.807, 2.05) is 11.0 Å². The average molecular weight is 332 g/mol. The van der Waals surface area contributed by atoms with Crippen LogP contribution >= 0.6 is 0 Å². The van der Waals surface area contributed by atoms with Crippen molar-refractivity contribution in [2.45, 2.75) is 51.6 Å². The van der Waals surface area contributed by atoms with Gasteiger partial charge in [0.2, 0.25) is 5.91 Å². The fourth-order valence-electron chi connectivity index (χ4n) is 3.60. The SMILES string of the molecule is CCCN(C[C@@H]1CC(c2cccc(F)c2)=NO1)C(=O)C1CCCC1. The van der Waals surface area contributed by atoms with Crippen LogP contribution in [0.2, 0.25) is 0 Å². The number of hydrogen-bond acceptors (Lipinski definition) is 3. The summed E-state index contributed by atoms with van der Waals surface area (Å²) < 4.78 is 13.4. The Balaban J connectivity index is 1.59. The Morgan fingerprint density at radius 2 is 2.17 bits per heavy atom. The van der Waals surface area contributed by atoms with Crippen LogP contribution in [0.4, 0.5) is 4.39 Å². The normalized spacial score (nSPS) is 20.8. The standard InChI is InChI=1S/C19H25FN2O2/c1-2-10-22(19(23)14-6-3-4-7-14)13-17-12-18(21-24-17)15-8-5-9-16(20)11-15/h5,8-9,11,14,17H,2-4,6-7,10,12-13H2,1H3/t17-/m0/s1. The van der Waals surface area contributed by atoms with Crippen LogP contribution in [0.5, 0.6) is 0 Å². The maximum Gasteiger partial charge on any atom is 0.225 e. The molecule has 1 saturated carbocycles. The third kappa shape index (κ3) is 3.94. The zero-order valence-corrected chi connectivity index (χ0v) is 14.2. The Labute approximate surface area is 142 Å². The van der Waals surface area contributed by atoms with Gasteiger partial charge in [-0.2, -0.15) is 0 Å². The molecule has 0 saturated heterocycles. The van der Waals surface area contributed by atoms with E-state index < -0.39 is 0 Å². The number of rotatable bonds is 6. The molecule has 3 rings (SSSR count). The second kappa shape index (κ2) is 7.77. The van der Waals surface area contributed by atoms with Gasteiger partial charge in [-0.25, -0.2) is 4.39 Å². The fraction of sp³-hybridized carbons (Fsp3) is 0.579. The van der Waals surface area contributed by atoms with Gasteiger partial charge in [-0.3, -0.25) is 4.79 Å². The number of halogens is 1. The minimum atomic E-state index is -0.275. The highest BCUT2D eigenvalue weighted by molar-refractivity contribution is 6.01. The quantitative estimate of drug-likeness (QED) is 0.796. The highest BCUT2D eigenvalue weighted by Gasteiger charge is 2.31. The van der Waals surface area contributed by atoms with E-state index in [1.54, 1.807) is 6.07 Å². The summed E-state index contributed by atoms with van der Waals surface area (Å²) in [7, 11) is 0. The Hall–Kier alpha value is -1.91. The molecule has 0 unspecified atom stereocenters. The third-order valence-electron chi connectivity index (χ3n) is 4.82. The van der Waals surface area contributed by atoms with Crippen LogP contribution in [0, 0.1) is 11.7 Å². The minimum absolute atomic E-state index is 0.139. The minimum Gasteiger partial charge on any atom is -0.390 e. The fourth-order valence-corrected chi connectivity index (χ4v) is 3.60. The van der Waals surface area contributed by atoms with Crippen molar-refractivity contribution in [3.8, 4) is 0 Å². The summed E-state index contributed by atoms with van der Waals surface area (Å²) in [6.07, 6.45) is 5.74. The first-order valence-electron chi connectivity index (χ1n) is 8.94. The first-order valence-corrected chi connectivity index (χ1v) is 8.94. The maximum atomic E-state index is 13.4. The summed E-state index contributed by atoms with van der Waals surface area (Å²) in [5.41, 5.74) is 1.51. The topological polar surface area (TPSA) is 41.9 Å². The van der Waals surface area contributed by atoms with Gasteiger partial charge in [-0.15, -0.1) is 0 Å². The molecule has 0 N–H and O–H groups in total. The lowest BCUT2D eigenvalue weighted by molar-refractivity contribution is -0.137. The van der Waals surface area contributed by atoms with Gasteiger partial charge in [0.15, 0.2) is 6.10 Å². The third-order valence-corrected chi connectivity index (χ3v) is 4.82. The summed E-state index contributed by atoms with van der Waals surface area (Å²) in [5, 5.41) is 4.11. The van der Waals surface area contributed by atoms with Crippen molar-refractivity contribution in [3.63, 3.8) is 0 Å². The monoisotopic (exact) mass is 332 g/mol. The van der Waals surface area contributed by atoms with Gasteiger partial charge in [0.05, 0.1) is 12.3 Å². The molecule has 1 atom stereocenters. The zero-order valence-electron chi connectivity index (χ0n) is 14.2. The summed E-state index contributed by atoms with van der Waals surface area (Å²) >= 11 is 0. The molecule has 24 heavy (non-hydrogen) atoms. The van der Waals surface area contributed by atoms with Gasteiger partial charge >= 0.3 is 0 Å². The molecule has 1 fully saturated rings. The van der Waals surface area contributed by atoms with Crippen LogP contribution in [0.15, 0.2) is 29.4 Å². The lowest BCUT2D eigenvalue weighted by Crippen LogP contribution is -2.41. The number of benzene rings is 1. The van der Waals surface area contributed by atoms with Crippen LogP contribution in [-0.4, -0.2) is 35.7 Å². The van der Waals surface area contributed by atoms with E-state index in [0.29, 0.717) is 13.0 Å². The molecule has 130 valence electrons. The van der Waals surface area contributed by atoms with Gasteiger partial charge in [0.25, 0.3) is 0 Å². The number of amides is 1. The van der Waals surface area contributed by atoms with E-state index in [9.17, 15) is 9.18 Å². The summed E-state index contributed by atoms with van der Waals surface area (Å²) in [4.78, 5) is 20.2. The Morgan fingerprint density at radius 1 is 1.38 bits per heavy atom. The molecule has 1 aromatic rings. The second-order valence-electron chi connectivity index (χ2n) is 6.75. The van der Waals surface area contributed by atoms with E-state index in [2.05, 4.69) is 12.1 Å². The Bertz CT molecular complexity index is 611. The molecular formula is C19H25FN2O2. The van der Waals surface area contributed by atoms with Gasteiger partial charge in [-0.05, 0) is 31.4 Å². The largest absolute Gasteiger partial charge is 0.390 e. The smallest absolute Gasteiger partial charge is 0.225 e. The summed E-state index contributed by atoms with van der Waals surface area (Å²) in [6.45, 7) is 3.40. The van der Waals surface area contributed by atoms with E-state index in [4.69, 9.17) is 4.84 Å². The molecule has 4 nitrogen and oxygen atoms in total. The molecule has 1 amide bonds. The molecule has 5 heteroatoms. The first-order chi connectivity index (χ1) is 11.7. The molecular weight excluding hydrogens is 307 g/mol. The highest BCUT2D eigenvalue weighted by atomic mass is 19.1. The van der Waals surface area contributed by atoms with Gasteiger partial charge < -0.3 is 9.74 Å².